The molecule has 1 saturated heterocycles. The van der Waals surface area contributed by atoms with Crippen LogP contribution in [-0.4, -0.2) is 24.3 Å². The molecule has 1 unspecified atom stereocenters. The highest BCUT2D eigenvalue weighted by Gasteiger charge is 2.14. The molecule has 3 heteroatoms. The van der Waals surface area contributed by atoms with E-state index in [0.29, 0.717) is 0 Å². The van der Waals surface area contributed by atoms with Gasteiger partial charge in [0, 0.05) is 38.7 Å². The molecule has 1 N–H and O–H groups in total. The van der Waals surface area contributed by atoms with Crippen LogP contribution in [0.15, 0.2) is 18.5 Å². The lowest BCUT2D eigenvalue weighted by atomic mass is 10.1. The molecule has 1 aliphatic heterocycles. The number of nitrogens with zero attached hydrogens (tertiary/aromatic N) is 1. The van der Waals surface area contributed by atoms with E-state index in [1.807, 2.05) is 0 Å². The zero-order chi connectivity index (χ0) is 11.2. The summed E-state index contributed by atoms with van der Waals surface area (Å²) in [5.41, 5.74) is 1.38. The fourth-order valence-electron chi connectivity index (χ4n) is 2.14. The van der Waals surface area contributed by atoms with Crippen molar-refractivity contribution in [1.29, 1.82) is 0 Å². The van der Waals surface area contributed by atoms with E-state index in [4.69, 9.17) is 4.74 Å². The molecule has 90 valence electrons. The molecule has 2 heterocycles. The Kier molecular flexibility index (Phi) is 4.43. The molecule has 1 fully saturated rings. The molecule has 1 aliphatic rings. The average molecular weight is 222 g/mol. The van der Waals surface area contributed by atoms with Crippen LogP contribution >= 0.6 is 0 Å². The van der Waals surface area contributed by atoms with Crippen LogP contribution in [0.2, 0.25) is 0 Å². The highest BCUT2D eigenvalue weighted by Crippen LogP contribution is 2.15. The van der Waals surface area contributed by atoms with Gasteiger partial charge in [0.05, 0.1) is 0 Å². The summed E-state index contributed by atoms with van der Waals surface area (Å²) < 4.78 is 7.57. The van der Waals surface area contributed by atoms with Crippen LogP contribution in [0.5, 0.6) is 0 Å². The fraction of sp³-hybridized carbons (Fsp3) is 0.692. The van der Waals surface area contributed by atoms with Crippen LogP contribution < -0.4 is 5.32 Å². The monoisotopic (exact) mass is 222 g/mol. The van der Waals surface area contributed by atoms with E-state index in [-0.39, 0.29) is 0 Å². The minimum absolute atomic E-state index is 0.785. The molecule has 0 radical (unpaired) electrons. The molecule has 0 aliphatic carbocycles. The van der Waals surface area contributed by atoms with E-state index in [1.54, 1.807) is 0 Å². The molecule has 1 aromatic heterocycles. The molecule has 0 aromatic carbocycles. The molecular weight excluding hydrogens is 200 g/mol. The van der Waals surface area contributed by atoms with Crippen LogP contribution in [0.25, 0.3) is 0 Å². The van der Waals surface area contributed by atoms with Crippen molar-refractivity contribution in [2.24, 2.45) is 5.92 Å². The number of hydrogen-bond acceptors (Lipinski definition) is 2. The van der Waals surface area contributed by atoms with Crippen molar-refractivity contribution < 1.29 is 4.74 Å². The van der Waals surface area contributed by atoms with Gasteiger partial charge in [-0.15, -0.1) is 0 Å². The van der Waals surface area contributed by atoms with Gasteiger partial charge in [-0.2, -0.15) is 0 Å². The third-order valence-electron chi connectivity index (χ3n) is 3.26. The quantitative estimate of drug-likeness (QED) is 0.745. The van der Waals surface area contributed by atoms with Crippen LogP contribution in [0.1, 0.15) is 25.3 Å². The van der Waals surface area contributed by atoms with Gasteiger partial charge < -0.3 is 14.6 Å². The summed E-state index contributed by atoms with van der Waals surface area (Å²) in [6.07, 6.45) is 6.84. The van der Waals surface area contributed by atoms with Gasteiger partial charge in [-0.25, -0.2) is 0 Å². The Bertz CT molecular complexity index is 303. The van der Waals surface area contributed by atoms with Crippen LogP contribution in [0.3, 0.4) is 0 Å². The molecule has 0 saturated carbocycles. The summed E-state index contributed by atoms with van der Waals surface area (Å²) in [5, 5.41) is 3.50. The molecule has 3 nitrogen and oxygen atoms in total. The van der Waals surface area contributed by atoms with Gasteiger partial charge in [0.25, 0.3) is 0 Å². The third kappa shape index (κ3) is 3.35. The van der Waals surface area contributed by atoms with Gasteiger partial charge in [-0.05, 0) is 43.9 Å². The molecule has 0 amide bonds. The minimum atomic E-state index is 0.785. The molecule has 1 atom stereocenters. The van der Waals surface area contributed by atoms with Gasteiger partial charge in [0.1, 0.15) is 0 Å². The highest BCUT2D eigenvalue weighted by atomic mass is 16.5. The van der Waals surface area contributed by atoms with Crippen molar-refractivity contribution in [2.75, 3.05) is 19.8 Å². The van der Waals surface area contributed by atoms with Crippen LogP contribution in [0, 0.1) is 5.92 Å². The zero-order valence-corrected chi connectivity index (χ0v) is 10.1. The van der Waals surface area contributed by atoms with Crippen molar-refractivity contribution in [2.45, 2.75) is 32.9 Å². The normalized spacial score (nSPS) is 20.4. The SMILES string of the molecule is CCn1ccc(CNCCC2CCOC2)c1. The highest BCUT2D eigenvalue weighted by molar-refractivity contribution is 5.09. The standard InChI is InChI=1S/C13H22N2O/c1-2-15-7-4-13(10-15)9-14-6-3-12-5-8-16-11-12/h4,7,10,12,14H,2-3,5-6,8-9,11H2,1H3. The number of aromatic nitrogens is 1. The topological polar surface area (TPSA) is 26.2 Å². The summed E-state index contributed by atoms with van der Waals surface area (Å²) in [6.45, 7) is 7.24. The lowest BCUT2D eigenvalue weighted by molar-refractivity contribution is 0.184. The smallest absolute Gasteiger partial charge is 0.0495 e. The van der Waals surface area contributed by atoms with E-state index in [0.717, 1.165) is 38.8 Å². The Morgan fingerprint density at radius 1 is 1.56 bits per heavy atom. The first-order valence-corrected chi connectivity index (χ1v) is 6.31. The number of rotatable bonds is 6. The van der Waals surface area contributed by atoms with E-state index >= 15 is 0 Å². The van der Waals surface area contributed by atoms with E-state index in [1.165, 1.54) is 18.4 Å². The number of aryl methyl sites for hydroxylation is 1. The largest absolute Gasteiger partial charge is 0.381 e. The first-order chi connectivity index (χ1) is 7.88. The van der Waals surface area contributed by atoms with Crippen molar-refractivity contribution >= 4 is 0 Å². The molecule has 1 aromatic rings. The van der Waals surface area contributed by atoms with Gasteiger partial charge in [-0.1, -0.05) is 0 Å². The Balaban J connectivity index is 1.60. The fourth-order valence-corrected chi connectivity index (χ4v) is 2.14. The van der Waals surface area contributed by atoms with E-state index in [2.05, 4.69) is 35.3 Å². The third-order valence-corrected chi connectivity index (χ3v) is 3.26. The van der Waals surface area contributed by atoms with Crippen molar-refractivity contribution in [3.8, 4) is 0 Å². The zero-order valence-electron chi connectivity index (χ0n) is 10.1. The van der Waals surface area contributed by atoms with Gasteiger partial charge >= 0.3 is 0 Å². The van der Waals surface area contributed by atoms with E-state index < -0.39 is 0 Å². The van der Waals surface area contributed by atoms with E-state index in [9.17, 15) is 0 Å². The second-order valence-corrected chi connectivity index (χ2v) is 4.55. The lowest BCUT2D eigenvalue weighted by Crippen LogP contribution is -2.17. The van der Waals surface area contributed by atoms with Crippen LogP contribution in [-0.2, 0) is 17.8 Å². The number of nitrogens with one attached hydrogen (secondary N) is 1. The maximum atomic E-state index is 5.36. The lowest BCUT2D eigenvalue weighted by Gasteiger charge is -2.07. The molecule has 2 rings (SSSR count). The summed E-state index contributed by atoms with van der Waals surface area (Å²) in [6, 6.07) is 2.19. The summed E-state index contributed by atoms with van der Waals surface area (Å²) in [7, 11) is 0. The molecular formula is C13H22N2O. The van der Waals surface area contributed by atoms with Crippen LogP contribution in [0.4, 0.5) is 0 Å². The van der Waals surface area contributed by atoms with Gasteiger partial charge in [0.15, 0.2) is 0 Å². The Labute approximate surface area is 97.8 Å². The van der Waals surface area contributed by atoms with Crippen molar-refractivity contribution in [1.82, 2.24) is 9.88 Å². The predicted molar refractivity (Wildman–Crippen MR) is 65.4 cm³/mol. The molecule has 0 spiro atoms. The summed E-state index contributed by atoms with van der Waals surface area (Å²) >= 11 is 0. The van der Waals surface area contributed by atoms with Gasteiger partial charge in [0.2, 0.25) is 0 Å². The maximum absolute atomic E-state index is 5.36. The molecule has 0 bridgehead atoms. The number of ether oxygens (including phenoxy) is 1. The first kappa shape index (κ1) is 11.7. The molecule has 16 heavy (non-hydrogen) atoms. The first-order valence-electron chi connectivity index (χ1n) is 6.31. The Morgan fingerprint density at radius 2 is 2.50 bits per heavy atom. The van der Waals surface area contributed by atoms with Crippen molar-refractivity contribution in [3.63, 3.8) is 0 Å². The second kappa shape index (κ2) is 6.06. The Morgan fingerprint density at radius 3 is 3.19 bits per heavy atom. The second-order valence-electron chi connectivity index (χ2n) is 4.55. The predicted octanol–water partition coefficient (Wildman–Crippen LogP) is 2.02. The van der Waals surface area contributed by atoms with Gasteiger partial charge in [-0.3, -0.25) is 0 Å². The summed E-state index contributed by atoms with van der Waals surface area (Å²) in [4.78, 5) is 0. The summed E-state index contributed by atoms with van der Waals surface area (Å²) in [5.74, 6) is 0.785. The minimum Gasteiger partial charge on any atom is -0.381 e. The number of hydrogen-bond donors (Lipinski definition) is 1. The average Bonchev–Trinajstić information content (AvgIpc) is 2.95. The maximum Gasteiger partial charge on any atom is 0.0495 e. The Hall–Kier alpha value is -0.800. The van der Waals surface area contributed by atoms with Crippen molar-refractivity contribution in [3.05, 3.63) is 24.0 Å².